The van der Waals surface area contributed by atoms with E-state index in [0.717, 1.165) is 23.3 Å². The maximum atomic E-state index is 13.0. The third-order valence-corrected chi connectivity index (χ3v) is 7.61. The second-order valence-corrected chi connectivity index (χ2v) is 10.9. The Hall–Kier alpha value is -2.36. The van der Waals surface area contributed by atoms with Crippen LogP contribution in [0.25, 0.3) is 11.1 Å². The summed E-state index contributed by atoms with van der Waals surface area (Å²) in [6, 6.07) is 13.3. The van der Waals surface area contributed by atoms with Gasteiger partial charge in [0.25, 0.3) is 5.91 Å². The minimum Gasteiger partial charge on any atom is -0.319 e. The van der Waals surface area contributed by atoms with Crippen LogP contribution in [0.4, 0.5) is 18.9 Å². The Morgan fingerprint density at radius 3 is 2.47 bits per heavy atom. The average Bonchev–Trinajstić information content (AvgIpc) is 3.65. The molecule has 4 nitrogen and oxygen atoms in total. The van der Waals surface area contributed by atoms with Gasteiger partial charge in [-0.2, -0.15) is 13.2 Å². The summed E-state index contributed by atoms with van der Waals surface area (Å²) in [5.41, 5.74) is -1.71. The van der Waals surface area contributed by atoms with Gasteiger partial charge in [-0.15, -0.1) is 11.8 Å². The molecule has 0 spiro atoms. The van der Waals surface area contributed by atoms with Gasteiger partial charge in [0.15, 0.2) is 10.8 Å². The average molecular weight is 525 g/mol. The van der Waals surface area contributed by atoms with Gasteiger partial charge in [-0.25, -0.2) is 9.19 Å². The fourth-order valence-electron chi connectivity index (χ4n) is 3.43. The zero-order valence-electron chi connectivity index (χ0n) is 18.0. The van der Waals surface area contributed by atoms with Gasteiger partial charge >= 0.3 is 5.51 Å². The number of thioether (sulfide) groups is 1. The van der Waals surface area contributed by atoms with E-state index in [1.807, 2.05) is 25.1 Å². The molecule has 1 atom stereocenters. The number of nitrogens with zero attached hydrogens (tertiary/aromatic N) is 1. The molecule has 0 bridgehead atoms. The van der Waals surface area contributed by atoms with Gasteiger partial charge in [0.2, 0.25) is 0 Å². The Balaban J connectivity index is 1.60. The molecule has 34 heavy (non-hydrogen) atoms. The molecule has 2 aromatic carbocycles. The zero-order chi connectivity index (χ0) is 24.5. The topological polar surface area (TPSA) is 59.1 Å². The molecule has 1 N–H and O–H groups in total. The van der Waals surface area contributed by atoms with Crippen LogP contribution >= 0.6 is 23.4 Å². The SMILES string of the molecule is CCSc1cc(-c2ccc(C3CC3)cc2)cnc1C(=O)Nc1cc(S(=O)C(F)(F)F)ccc1Cl. The number of pyridine rings is 1. The van der Waals surface area contributed by atoms with Crippen LogP contribution in [0.2, 0.25) is 5.02 Å². The highest BCUT2D eigenvalue weighted by molar-refractivity contribution is 7.99. The van der Waals surface area contributed by atoms with Gasteiger partial charge in [-0.1, -0.05) is 42.8 Å². The standard InChI is InChI=1S/C24H20ClF3N2O2S2/c1-2-33-21-11-17(16-7-5-15(6-8-16)14-3-4-14)13-29-22(21)23(31)30-20-12-18(9-10-19(20)25)34(32)24(26,27)28/h5-14H,2-4H2,1H3,(H,30,31). The predicted molar refractivity (Wildman–Crippen MR) is 130 cm³/mol. The number of hydrogen-bond donors (Lipinski definition) is 1. The van der Waals surface area contributed by atoms with Crippen molar-refractivity contribution in [1.82, 2.24) is 4.98 Å². The monoisotopic (exact) mass is 524 g/mol. The van der Waals surface area contributed by atoms with Crippen LogP contribution in [0.1, 0.15) is 41.7 Å². The van der Waals surface area contributed by atoms with E-state index in [4.69, 9.17) is 11.6 Å². The lowest BCUT2D eigenvalue weighted by molar-refractivity contribution is -0.0384. The number of benzene rings is 2. The van der Waals surface area contributed by atoms with Crippen LogP contribution in [0.3, 0.4) is 0 Å². The summed E-state index contributed by atoms with van der Waals surface area (Å²) in [5.74, 6) is 0.721. The number of nitrogens with one attached hydrogen (secondary N) is 1. The number of aromatic nitrogens is 1. The van der Waals surface area contributed by atoms with Gasteiger partial charge in [-0.05, 0) is 59.9 Å². The minimum absolute atomic E-state index is 0.0216. The zero-order valence-corrected chi connectivity index (χ0v) is 20.4. The van der Waals surface area contributed by atoms with Crippen LogP contribution in [0.5, 0.6) is 0 Å². The molecular weight excluding hydrogens is 505 g/mol. The summed E-state index contributed by atoms with van der Waals surface area (Å²) < 4.78 is 50.2. The lowest BCUT2D eigenvalue weighted by Gasteiger charge is -2.13. The molecule has 178 valence electrons. The first-order valence-electron chi connectivity index (χ1n) is 10.5. The third kappa shape index (κ3) is 5.64. The molecule has 4 rings (SSSR count). The van der Waals surface area contributed by atoms with Gasteiger partial charge in [0.05, 0.1) is 15.6 Å². The maximum absolute atomic E-state index is 13.0. The molecule has 3 aromatic rings. The van der Waals surface area contributed by atoms with E-state index in [0.29, 0.717) is 16.6 Å². The van der Waals surface area contributed by atoms with E-state index >= 15 is 0 Å². The summed E-state index contributed by atoms with van der Waals surface area (Å²) in [7, 11) is -3.24. The first kappa shape index (κ1) is 24.8. The van der Waals surface area contributed by atoms with E-state index in [-0.39, 0.29) is 16.4 Å². The minimum atomic E-state index is -4.92. The molecule has 1 aromatic heterocycles. The van der Waals surface area contributed by atoms with Crippen molar-refractivity contribution in [2.45, 2.75) is 41.0 Å². The number of halogens is 4. The van der Waals surface area contributed by atoms with Crippen molar-refractivity contribution in [1.29, 1.82) is 0 Å². The van der Waals surface area contributed by atoms with Crippen molar-refractivity contribution in [3.8, 4) is 11.1 Å². The Kier molecular flexibility index (Phi) is 7.35. The van der Waals surface area contributed by atoms with E-state index in [1.165, 1.54) is 36.2 Å². The fourth-order valence-corrected chi connectivity index (χ4v) is 5.09. The van der Waals surface area contributed by atoms with Crippen LogP contribution in [-0.4, -0.2) is 26.4 Å². The normalized spacial score (nSPS) is 14.6. The molecule has 1 fully saturated rings. The fraction of sp³-hybridized carbons (Fsp3) is 0.250. The quantitative estimate of drug-likeness (QED) is 0.330. The number of rotatable bonds is 7. The molecule has 1 saturated carbocycles. The second-order valence-electron chi connectivity index (χ2n) is 7.71. The Morgan fingerprint density at radius 2 is 1.85 bits per heavy atom. The molecule has 1 aliphatic rings. The van der Waals surface area contributed by atoms with Crippen LogP contribution < -0.4 is 5.32 Å². The van der Waals surface area contributed by atoms with Gasteiger partial charge in [-0.3, -0.25) is 4.79 Å². The Bertz CT molecular complexity index is 1250. The predicted octanol–water partition coefficient (Wildman–Crippen LogP) is 7.27. The van der Waals surface area contributed by atoms with Crippen molar-refractivity contribution in [3.63, 3.8) is 0 Å². The molecule has 1 unspecified atom stereocenters. The van der Waals surface area contributed by atoms with Gasteiger partial charge in [0, 0.05) is 16.7 Å². The van der Waals surface area contributed by atoms with Crippen LogP contribution in [-0.2, 0) is 10.8 Å². The molecule has 1 heterocycles. The number of alkyl halides is 3. The van der Waals surface area contributed by atoms with Crippen LogP contribution in [0, 0.1) is 0 Å². The molecule has 10 heteroatoms. The molecule has 0 saturated heterocycles. The summed E-state index contributed by atoms with van der Waals surface area (Å²) >= 11 is 7.50. The highest BCUT2D eigenvalue weighted by atomic mass is 35.5. The highest BCUT2D eigenvalue weighted by Gasteiger charge is 2.38. The Morgan fingerprint density at radius 1 is 1.15 bits per heavy atom. The third-order valence-electron chi connectivity index (χ3n) is 5.27. The summed E-state index contributed by atoms with van der Waals surface area (Å²) in [6.45, 7) is 1.94. The van der Waals surface area contributed by atoms with E-state index in [1.54, 1.807) is 6.20 Å². The van der Waals surface area contributed by atoms with Gasteiger partial charge < -0.3 is 5.32 Å². The summed E-state index contributed by atoms with van der Waals surface area (Å²) in [5, 5.41) is 2.53. The van der Waals surface area contributed by atoms with Crippen molar-refractivity contribution in [2.24, 2.45) is 0 Å². The molecular formula is C24H20ClF3N2O2S2. The second kappa shape index (κ2) is 10.1. The number of carbonyl (C=O) groups excluding carboxylic acids is 1. The largest absolute Gasteiger partial charge is 0.475 e. The van der Waals surface area contributed by atoms with E-state index in [9.17, 15) is 22.2 Å². The van der Waals surface area contributed by atoms with Crippen LogP contribution in [0.15, 0.2) is 64.5 Å². The number of amides is 1. The molecule has 0 radical (unpaired) electrons. The smallest absolute Gasteiger partial charge is 0.319 e. The molecule has 1 aliphatic carbocycles. The lowest BCUT2D eigenvalue weighted by atomic mass is 10.0. The van der Waals surface area contributed by atoms with E-state index < -0.39 is 27.1 Å². The van der Waals surface area contributed by atoms with E-state index in [2.05, 4.69) is 22.4 Å². The number of anilines is 1. The van der Waals surface area contributed by atoms with Crippen molar-refractivity contribution < 1.29 is 22.2 Å². The summed E-state index contributed by atoms with van der Waals surface area (Å²) in [4.78, 5) is 17.4. The molecule has 0 aliphatic heterocycles. The van der Waals surface area contributed by atoms with Gasteiger partial charge in [0.1, 0.15) is 5.69 Å². The first-order chi connectivity index (χ1) is 16.2. The molecule has 1 amide bonds. The number of hydrogen-bond acceptors (Lipinski definition) is 4. The first-order valence-corrected chi connectivity index (χ1v) is 13.0. The van der Waals surface area contributed by atoms with Crippen molar-refractivity contribution in [3.05, 3.63) is 71.0 Å². The Labute approximate surface area is 206 Å². The highest BCUT2D eigenvalue weighted by Crippen LogP contribution is 2.40. The summed E-state index contributed by atoms with van der Waals surface area (Å²) in [6.07, 6.45) is 4.04. The number of carbonyl (C=O) groups is 1. The van der Waals surface area contributed by atoms with Crippen molar-refractivity contribution in [2.75, 3.05) is 11.1 Å². The maximum Gasteiger partial charge on any atom is 0.475 e. The van der Waals surface area contributed by atoms with Crippen molar-refractivity contribution >= 4 is 45.8 Å². The lowest BCUT2D eigenvalue weighted by Crippen LogP contribution is -2.18.